The van der Waals surface area contributed by atoms with Crippen LogP contribution in [0.4, 0.5) is 10.1 Å². The van der Waals surface area contributed by atoms with Crippen molar-refractivity contribution in [3.63, 3.8) is 0 Å². The summed E-state index contributed by atoms with van der Waals surface area (Å²) >= 11 is 1.10. The van der Waals surface area contributed by atoms with Crippen molar-refractivity contribution in [1.82, 2.24) is 10.2 Å². The van der Waals surface area contributed by atoms with Crippen LogP contribution in [0.2, 0.25) is 0 Å². The second-order valence-corrected chi connectivity index (χ2v) is 7.32. The van der Waals surface area contributed by atoms with Crippen LogP contribution < -0.4 is 14.8 Å². The molecule has 28 heavy (non-hydrogen) atoms. The second kappa shape index (κ2) is 7.89. The number of hydrogen-bond donors (Lipinski definition) is 1. The summed E-state index contributed by atoms with van der Waals surface area (Å²) in [5.74, 6) is 0.816. The van der Waals surface area contributed by atoms with Crippen LogP contribution in [0, 0.1) is 5.82 Å². The molecular weight excluding hydrogens is 385 g/mol. The summed E-state index contributed by atoms with van der Waals surface area (Å²) in [4.78, 5) is 12.3. The fourth-order valence-electron chi connectivity index (χ4n) is 2.55. The van der Waals surface area contributed by atoms with Gasteiger partial charge in [-0.15, -0.1) is 10.2 Å². The van der Waals surface area contributed by atoms with Gasteiger partial charge in [0.05, 0.1) is 5.25 Å². The lowest BCUT2D eigenvalue weighted by molar-refractivity contribution is -0.115. The summed E-state index contributed by atoms with van der Waals surface area (Å²) in [5.41, 5.74) is 0.384. The number of ether oxygens (including phenoxy) is 2. The predicted molar refractivity (Wildman–Crippen MR) is 100.0 cm³/mol. The summed E-state index contributed by atoms with van der Waals surface area (Å²) < 4.78 is 30.3. The highest BCUT2D eigenvalue weighted by molar-refractivity contribution is 8.00. The van der Waals surface area contributed by atoms with Gasteiger partial charge in [-0.25, -0.2) is 4.39 Å². The van der Waals surface area contributed by atoms with E-state index in [4.69, 9.17) is 13.9 Å². The van der Waals surface area contributed by atoms with Crippen LogP contribution in [-0.2, 0) is 4.79 Å². The lowest BCUT2D eigenvalue weighted by Gasteiger charge is -2.23. The first-order chi connectivity index (χ1) is 13.6. The molecule has 2 aromatic carbocycles. The van der Waals surface area contributed by atoms with Crippen molar-refractivity contribution in [2.45, 2.75) is 23.5 Å². The van der Waals surface area contributed by atoms with Gasteiger partial charge in [-0.1, -0.05) is 30.0 Å². The Labute approximate surface area is 164 Å². The first-order valence-corrected chi connectivity index (χ1v) is 9.41. The van der Waals surface area contributed by atoms with E-state index in [-0.39, 0.29) is 23.6 Å². The number of thioether (sulfide) groups is 1. The standard InChI is InChI=1S/C19H16FN3O4S/c1-11(17(24)21-13-6-4-5-12(20)9-13)28-19-23-22-18(27-19)16-10-25-14-7-2-3-8-15(14)26-16/h2-9,11,16H,10H2,1H3,(H,21,24)/t11-,16-/m1/s1. The number of para-hydroxylation sites is 2. The van der Waals surface area contributed by atoms with Crippen LogP contribution >= 0.6 is 11.8 Å². The normalized spacial score (nSPS) is 16.4. The number of benzene rings is 2. The summed E-state index contributed by atoms with van der Waals surface area (Å²) in [6.45, 7) is 1.94. The van der Waals surface area contributed by atoms with E-state index in [1.54, 1.807) is 19.1 Å². The van der Waals surface area contributed by atoms with Crippen molar-refractivity contribution < 1.29 is 23.1 Å². The predicted octanol–water partition coefficient (Wildman–Crippen LogP) is 3.84. The number of halogens is 1. The van der Waals surface area contributed by atoms with Gasteiger partial charge in [0, 0.05) is 5.69 Å². The molecule has 1 N–H and O–H groups in total. The number of carbonyl (C=O) groups excluding carboxylic acids is 1. The van der Waals surface area contributed by atoms with Crippen LogP contribution in [0.1, 0.15) is 18.9 Å². The molecule has 0 bridgehead atoms. The van der Waals surface area contributed by atoms with Gasteiger partial charge in [-0.2, -0.15) is 0 Å². The van der Waals surface area contributed by atoms with Crippen molar-refractivity contribution in [3.05, 3.63) is 60.2 Å². The SMILES string of the molecule is C[C@@H](Sc1nnc([C@H]2COc3ccccc3O2)o1)C(=O)Nc1cccc(F)c1. The van der Waals surface area contributed by atoms with Crippen LogP contribution in [-0.4, -0.2) is 28.0 Å². The van der Waals surface area contributed by atoms with Crippen molar-refractivity contribution in [3.8, 4) is 11.5 Å². The van der Waals surface area contributed by atoms with Crippen molar-refractivity contribution in [2.24, 2.45) is 0 Å². The fraction of sp³-hybridized carbons (Fsp3) is 0.211. The molecular formula is C19H16FN3O4S. The van der Waals surface area contributed by atoms with Gasteiger partial charge >= 0.3 is 0 Å². The monoisotopic (exact) mass is 401 g/mol. The molecule has 0 aliphatic carbocycles. The molecule has 1 aromatic heterocycles. The van der Waals surface area contributed by atoms with E-state index >= 15 is 0 Å². The quantitative estimate of drug-likeness (QED) is 0.650. The highest BCUT2D eigenvalue weighted by atomic mass is 32.2. The molecule has 1 aliphatic heterocycles. The van der Waals surface area contributed by atoms with E-state index in [0.29, 0.717) is 17.2 Å². The average molecular weight is 401 g/mol. The van der Waals surface area contributed by atoms with Gasteiger partial charge in [0.25, 0.3) is 11.1 Å². The third-order valence-corrected chi connectivity index (χ3v) is 4.88. The number of amides is 1. The largest absolute Gasteiger partial charge is 0.485 e. The number of carbonyl (C=O) groups is 1. The van der Waals surface area contributed by atoms with Crippen LogP contribution in [0.15, 0.2) is 58.2 Å². The summed E-state index contributed by atoms with van der Waals surface area (Å²) in [5, 5.41) is 10.3. The average Bonchev–Trinajstić information content (AvgIpc) is 3.16. The first-order valence-electron chi connectivity index (χ1n) is 8.53. The molecule has 2 heterocycles. The first kappa shape index (κ1) is 18.3. The lowest BCUT2D eigenvalue weighted by Crippen LogP contribution is -2.22. The zero-order chi connectivity index (χ0) is 19.5. The minimum absolute atomic E-state index is 0.236. The van der Waals surface area contributed by atoms with E-state index in [1.807, 2.05) is 18.2 Å². The number of rotatable bonds is 5. The summed E-state index contributed by atoms with van der Waals surface area (Å²) in [6.07, 6.45) is -0.520. The Bertz CT molecular complexity index is 997. The summed E-state index contributed by atoms with van der Waals surface area (Å²) in [6, 6.07) is 13.0. The van der Waals surface area contributed by atoms with Gasteiger partial charge < -0.3 is 19.2 Å². The Morgan fingerprint density at radius 3 is 2.86 bits per heavy atom. The zero-order valence-corrected chi connectivity index (χ0v) is 15.6. The highest BCUT2D eigenvalue weighted by Gasteiger charge is 2.28. The molecule has 0 saturated carbocycles. The third kappa shape index (κ3) is 4.09. The number of fused-ring (bicyclic) bond motifs is 1. The van der Waals surface area contributed by atoms with E-state index in [1.165, 1.54) is 18.2 Å². The van der Waals surface area contributed by atoms with Gasteiger partial charge in [-0.3, -0.25) is 4.79 Å². The smallest absolute Gasteiger partial charge is 0.277 e. The Morgan fingerprint density at radius 2 is 2.04 bits per heavy atom. The Balaban J connectivity index is 1.37. The molecule has 9 heteroatoms. The minimum Gasteiger partial charge on any atom is -0.485 e. The molecule has 0 unspecified atom stereocenters. The topological polar surface area (TPSA) is 86.5 Å². The van der Waals surface area contributed by atoms with Crippen LogP contribution in [0.3, 0.4) is 0 Å². The highest BCUT2D eigenvalue weighted by Crippen LogP contribution is 2.36. The number of aromatic nitrogens is 2. The fourth-order valence-corrected chi connectivity index (χ4v) is 3.24. The third-order valence-electron chi connectivity index (χ3n) is 3.95. The second-order valence-electron chi connectivity index (χ2n) is 6.03. The molecule has 7 nitrogen and oxygen atoms in total. The van der Waals surface area contributed by atoms with E-state index in [9.17, 15) is 9.18 Å². The Kier molecular flexibility index (Phi) is 5.16. The number of nitrogens with one attached hydrogen (secondary N) is 1. The number of nitrogens with zero attached hydrogens (tertiary/aromatic N) is 2. The van der Waals surface area contributed by atoms with Gasteiger partial charge in [0.15, 0.2) is 11.5 Å². The molecule has 3 aromatic rings. The van der Waals surface area contributed by atoms with Gasteiger partial charge in [0.1, 0.15) is 12.4 Å². The molecule has 1 aliphatic rings. The molecule has 4 rings (SSSR count). The van der Waals surface area contributed by atoms with Crippen LogP contribution in [0.25, 0.3) is 0 Å². The molecule has 0 radical (unpaired) electrons. The maximum absolute atomic E-state index is 13.2. The molecule has 0 fully saturated rings. The van der Waals surface area contributed by atoms with Gasteiger partial charge in [-0.05, 0) is 37.3 Å². The zero-order valence-electron chi connectivity index (χ0n) is 14.8. The van der Waals surface area contributed by atoms with E-state index in [0.717, 1.165) is 11.8 Å². The minimum atomic E-state index is -0.527. The number of anilines is 1. The lowest BCUT2D eigenvalue weighted by atomic mass is 10.2. The Morgan fingerprint density at radius 1 is 1.21 bits per heavy atom. The maximum Gasteiger partial charge on any atom is 0.277 e. The molecule has 144 valence electrons. The van der Waals surface area contributed by atoms with Gasteiger partial charge in [0.2, 0.25) is 12.0 Å². The molecule has 2 atom stereocenters. The van der Waals surface area contributed by atoms with E-state index < -0.39 is 17.2 Å². The Hall–Kier alpha value is -3.07. The van der Waals surface area contributed by atoms with Crippen LogP contribution in [0.5, 0.6) is 11.5 Å². The van der Waals surface area contributed by atoms with E-state index in [2.05, 4.69) is 15.5 Å². The molecule has 0 spiro atoms. The number of hydrogen-bond acceptors (Lipinski definition) is 7. The summed E-state index contributed by atoms with van der Waals surface area (Å²) in [7, 11) is 0. The molecule has 1 amide bonds. The van der Waals surface area contributed by atoms with Crippen molar-refractivity contribution >= 4 is 23.4 Å². The van der Waals surface area contributed by atoms with Crippen molar-refractivity contribution in [2.75, 3.05) is 11.9 Å². The van der Waals surface area contributed by atoms with Crippen molar-refractivity contribution in [1.29, 1.82) is 0 Å². The maximum atomic E-state index is 13.2. The molecule has 0 saturated heterocycles.